The Morgan fingerprint density at radius 1 is 1.45 bits per heavy atom. The lowest BCUT2D eigenvalue weighted by Gasteiger charge is -2.31. The largest absolute Gasteiger partial charge is 0.352 e. The average molecular weight is 345 g/mol. The smallest absolute Gasteiger partial charge is 0.220 e. The quantitative estimate of drug-likeness (QED) is 0.857. The van der Waals surface area contributed by atoms with Crippen molar-refractivity contribution in [3.8, 4) is 0 Å². The number of hydrogen-bond acceptors (Lipinski definition) is 4. The van der Waals surface area contributed by atoms with Gasteiger partial charge in [0.25, 0.3) is 0 Å². The number of carbonyl (C=O) groups is 1. The van der Waals surface area contributed by atoms with Crippen LogP contribution in [0.5, 0.6) is 0 Å². The Morgan fingerprint density at radius 2 is 2.23 bits per heavy atom. The van der Waals surface area contributed by atoms with Crippen molar-refractivity contribution in [1.29, 1.82) is 0 Å². The monoisotopic (exact) mass is 344 g/mol. The number of carbonyl (C=O) groups excluding carboxylic acids is 1. The second kappa shape index (κ2) is 7.57. The van der Waals surface area contributed by atoms with Crippen LogP contribution in [0.3, 0.4) is 0 Å². The molecule has 1 aliphatic rings. The van der Waals surface area contributed by atoms with Crippen LogP contribution >= 0.6 is 11.3 Å². The van der Waals surface area contributed by atoms with Crippen molar-refractivity contribution in [2.24, 2.45) is 0 Å². The van der Waals surface area contributed by atoms with Gasteiger partial charge in [0.2, 0.25) is 15.9 Å². The van der Waals surface area contributed by atoms with Crippen molar-refractivity contribution in [2.75, 3.05) is 19.3 Å². The van der Waals surface area contributed by atoms with E-state index in [2.05, 4.69) is 24.4 Å². The number of piperidine rings is 1. The molecule has 1 atom stereocenters. The summed E-state index contributed by atoms with van der Waals surface area (Å²) in [5.74, 6) is 0.0219. The molecule has 0 bridgehead atoms. The predicted molar refractivity (Wildman–Crippen MR) is 89.6 cm³/mol. The molecule has 1 saturated heterocycles. The van der Waals surface area contributed by atoms with E-state index in [-0.39, 0.29) is 11.9 Å². The van der Waals surface area contributed by atoms with Crippen LogP contribution in [-0.2, 0) is 21.2 Å². The summed E-state index contributed by atoms with van der Waals surface area (Å²) in [7, 11) is -3.16. The van der Waals surface area contributed by atoms with E-state index in [1.807, 2.05) is 0 Å². The fourth-order valence-electron chi connectivity index (χ4n) is 2.70. The van der Waals surface area contributed by atoms with Gasteiger partial charge < -0.3 is 5.32 Å². The third-order valence-electron chi connectivity index (χ3n) is 3.84. The van der Waals surface area contributed by atoms with Crippen LogP contribution in [0.2, 0.25) is 0 Å². The molecule has 2 heterocycles. The molecule has 7 heteroatoms. The fourth-order valence-corrected chi connectivity index (χ4v) is 4.55. The zero-order chi connectivity index (χ0) is 16.2. The van der Waals surface area contributed by atoms with Crippen LogP contribution in [0.25, 0.3) is 0 Å². The minimum atomic E-state index is -3.16. The molecule has 1 N–H and O–H groups in total. The molecule has 1 amide bonds. The summed E-state index contributed by atoms with van der Waals surface area (Å²) in [6.45, 7) is 3.04. The van der Waals surface area contributed by atoms with E-state index < -0.39 is 10.0 Å². The second-order valence-corrected chi connectivity index (χ2v) is 9.25. The Bertz CT molecular complexity index is 610. The van der Waals surface area contributed by atoms with E-state index >= 15 is 0 Å². The number of nitrogens with zero attached hydrogens (tertiary/aromatic N) is 1. The van der Waals surface area contributed by atoms with Crippen molar-refractivity contribution in [3.05, 3.63) is 21.9 Å². The number of aryl methyl sites for hydroxylation is 2. The molecular formula is C15H24N2O3S2. The van der Waals surface area contributed by atoms with E-state index in [4.69, 9.17) is 0 Å². The molecule has 0 aliphatic carbocycles. The summed E-state index contributed by atoms with van der Waals surface area (Å²) < 4.78 is 24.6. The number of sulfonamides is 1. The van der Waals surface area contributed by atoms with Crippen LogP contribution in [0, 0.1) is 6.92 Å². The second-order valence-electron chi connectivity index (χ2n) is 5.89. The molecule has 1 aliphatic heterocycles. The highest BCUT2D eigenvalue weighted by Gasteiger charge is 2.26. The number of amides is 1. The van der Waals surface area contributed by atoms with Crippen molar-refractivity contribution >= 4 is 27.3 Å². The SMILES string of the molecule is Cc1ccc(CCCC(=O)N[C@H]2CCCN(S(C)(=O)=O)C2)s1. The molecule has 1 aromatic rings. The highest BCUT2D eigenvalue weighted by Crippen LogP contribution is 2.17. The van der Waals surface area contributed by atoms with Gasteiger partial charge in [-0.25, -0.2) is 12.7 Å². The maximum absolute atomic E-state index is 12.0. The first-order valence-electron chi connectivity index (χ1n) is 7.64. The van der Waals surface area contributed by atoms with Crippen molar-refractivity contribution < 1.29 is 13.2 Å². The van der Waals surface area contributed by atoms with E-state index in [1.165, 1.54) is 20.3 Å². The lowest BCUT2D eigenvalue weighted by molar-refractivity contribution is -0.122. The summed E-state index contributed by atoms with van der Waals surface area (Å²) in [4.78, 5) is 14.6. The molecule has 1 fully saturated rings. The van der Waals surface area contributed by atoms with Gasteiger partial charge in [-0.2, -0.15) is 0 Å². The topological polar surface area (TPSA) is 66.5 Å². The Labute approximate surface area is 136 Å². The van der Waals surface area contributed by atoms with E-state index in [0.717, 1.165) is 25.7 Å². The number of rotatable bonds is 6. The van der Waals surface area contributed by atoms with Gasteiger partial charge in [0.15, 0.2) is 0 Å². The van der Waals surface area contributed by atoms with Gasteiger partial charge in [-0.05, 0) is 44.7 Å². The molecule has 0 aromatic carbocycles. The molecule has 5 nitrogen and oxygen atoms in total. The number of thiophene rings is 1. The lowest BCUT2D eigenvalue weighted by atomic mass is 10.1. The van der Waals surface area contributed by atoms with Crippen LogP contribution in [0.15, 0.2) is 12.1 Å². The van der Waals surface area contributed by atoms with Crippen LogP contribution in [0.1, 0.15) is 35.4 Å². The summed E-state index contributed by atoms with van der Waals surface area (Å²) in [6, 6.07) is 4.16. The van der Waals surface area contributed by atoms with Gasteiger partial charge in [0, 0.05) is 35.3 Å². The summed E-state index contributed by atoms with van der Waals surface area (Å²) in [5, 5.41) is 2.97. The predicted octanol–water partition coefficient (Wildman–Crippen LogP) is 1.92. The van der Waals surface area contributed by atoms with Gasteiger partial charge in [-0.3, -0.25) is 4.79 Å². The van der Waals surface area contributed by atoms with Crippen LogP contribution in [-0.4, -0.2) is 44.0 Å². The molecule has 22 heavy (non-hydrogen) atoms. The Hall–Kier alpha value is -0.920. The summed E-state index contributed by atoms with van der Waals surface area (Å²) in [6.07, 6.45) is 5.11. The fraction of sp³-hybridized carbons (Fsp3) is 0.667. The highest BCUT2D eigenvalue weighted by molar-refractivity contribution is 7.88. The summed E-state index contributed by atoms with van der Waals surface area (Å²) >= 11 is 1.77. The molecular weight excluding hydrogens is 320 g/mol. The van der Waals surface area contributed by atoms with Gasteiger partial charge in [0.05, 0.1) is 6.26 Å². The zero-order valence-electron chi connectivity index (χ0n) is 13.2. The first-order valence-corrected chi connectivity index (χ1v) is 10.3. The molecule has 2 rings (SSSR count). The third-order valence-corrected chi connectivity index (χ3v) is 6.17. The van der Waals surface area contributed by atoms with Gasteiger partial charge in [-0.15, -0.1) is 11.3 Å². The first-order chi connectivity index (χ1) is 10.3. The number of hydrogen-bond donors (Lipinski definition) is 1. The number of nitrogens with one attached hydrogen (secondary N) is 1. The van der Waals surface area contributed by atoms with Crippen molar-refractivity contribution in [2.45, 2.75) is 45.1 Å². The molecule has 124 valence electrons. The molecule has 1 aromatic heterocycles. The molecule has 0 saturated carbocycles. The van der Waals surface area contributed by atoms with Crippen LogP contribution < -0.4 is 5.32 Å². The standard InChI is InChI=1S/C15H24N2O3S2/c1-12-8-9-14(21-12)6-3-7-15(18)16-13-5-4-10-17(11-13)22(2,19)20/h8-9,13H,3-7,10-11H2,1-2H3,(H,16,18)/t13-/m0/s1. The van der Waals surface area contributed by atoms with E-state index in [0.29, 0.717) is 19.5 Å². The highest BCUT2D eigenvalue weighted by atomic mass is 32.2. The van der Waals surface area contributed by atoms with Crippen molar-refractivity contribution in [3.63, 3.8) is 0 Å². The van der Waals surface area contributed by atoms with E-state index in [9.17, 15) is 13.2 Å². The molecule has 0 spiro atoms. The van der Waals surface area contributed by atoms with Gasteiger partial charge >= 0.3 is 0 Å². The van der Waals surface area contributed by atoms with Crippen LogP contribution in [0.4, 0.5) is 0 Å². The maximum atomic E-state index is 12.0. The normalized spacial score (nSPS) is 20.0. The lowest BCUT2D eigenvalue weighted by Crippen LogP contribution is -2.49. The van der Waals surface area contributed by atoms with Gasteiger partial charge in [0.1, 0.15) is 0 Å². The molecule has 0 radical (unpaired) electrons. The average Bonchev–Trinajstić information content (AvgIpc) is 2.84. The maximum Gasteiger partial charge on any atom is 0.220 e. The van der Waals surface area contributed by atoms with Crippen molar-refractivity contribution in [1.82, 2.24) is 9.62 Å². The third kappa shape index (κ3) is 5.37. The molecule has 0 unspecified atom stereocenters. The Kier molecular flexibility index (Phi) is 6.00. The zero-order valence-corrected chi connectivity index (χ0v) is 14.8. The Balaban J connectivity index is 1.72. The minimum absolute atomic E-state index is 0.0219. The van der Waals surface area contributed by atoms with Gasteiger partial charge in [-0.1, -0.05) is 0 Å². The summed E-state index contributed by atoms with van der Waals surface area (Å²) in [5.41, 5.74) is 0. The Morgan fingerprint density at radius 3 is 2.86 bits per heavy atom. The first kappa shape index (κ1) is 17.4. The van der Waals surface area contributed by atoms with E-state index in [1.54, 1.807) is 11.3 Å². The minimum Gasteiger partial charge on any atom is -0.352 e.